The number of rotatable bonds is 4. The molecule has 0 radical (unpaired) electrons. The van der Waals surface area contributed by atoms with Crippen molar-refractivity contribution in [2.45, 2.75) is 19.6 Å². The molecule has 1 saturated heterocycles. The molecule has 0 bridgehead atoms. The van der Waals surface area contributed by atoms with Gasteiger partial charge in [-0.15, -0.1) is 0 Å². The van der Waals surface area contributed by atoms with Crippen molar-refractivity contribution >= 4 is 0 Å². The quantitative estimate of drug-likeness (QED) is 0.852. The smallest absolute Gasteiger partial charge is 0.0826 e. The molecule has 2 rings (SSSR count). The van der Waals surface area contributed by atoms with Crippen molar-refractivity contribution in [1.29, 1.82) is 0 Å². The lowest BCUT2D eigenvalue weighted by atomic mass is 10.1. The fraction of sp³-hybridized carbons (Fsp3) is 0.571. The van der Waals surface area contributed by atoms with Crippen molar-refractivity contribution in [3.63, 3.8) is 0 Å². The number of nitrogens with one attached hydrogen (secondary N) is 1. The fourth-order valence-electron chi connectivity index (χ4n) is 2.19. The Labute approximate surface area is 104 Å². The van der Waals surface area contributed by atoms with E-state index in [0.717, 1.165) is 32.8 Å². The Balaban J connectivity index is 1.72. The van der Waals surface area contributed by atoms with Crippen LogP contribution in [0.3, 0.4) is 0 Å². The van der Waals surface area contributed by atoms with Crippen molar-refractivity contribution in [1.82, 2.24) is 10.2 Å². The first-order chi connectivity index (χ1) is 8.24. The Hall–Kier alpha value is -0.900. The normalized spacial score (nSPS) is 21.6. The molecule has 1 unspecified atom stereocenters. The van der Waals surface area contributed by atoms with Crippen molar-refractivity contribution in [3.8, 4) is 0 Å². The summed E-state index contributed by atoms with van der Waals surface area (Å²) in [5.41, 5.74) is 2.66. The summed E-state index contributed by atoms with van der Waals surface area (Å²) >= 11 is 0. The first-order valence-corrected chi connectivity index (χ1v) is 6.30. The fourth-order valence-corrected chi connectivity index (χ4v) is 2.19. The first kappa shape index (κ1) is 12.6. The van der Waals surface area contributed by atoms with Gasteiger partial charge in [-0.3, -0.25) is 0 Å². The minimum Gasteiger partial charge on any atom is -0.374 e. The second kappa shape index (κ2) is 6.15. The third-order valence-corrected chi connectivity index (χ3v) is 3.13. The van der Waals surface area contributed by atoms with Crippen LogP contribution in [0.15, 0.2) is 24.3 Å². The average Bonchev–Trinajstić information content (AvgIpc) is 2.29. The highest BCUT2D eigenvalue weighted by Crippen LogP contribution is 2.05. The molecular weight excluding hydrogens is 212 g/mol. The number of nitrogens with zero attached hydrogens (tertiary/aromatic N) is 1. The lowest BCUT2D eigenvalue weighted by Gasteiger charge is -2.30. The highest BCUT2D eigenvalue weighted by Gasteiger charge is 2.16. The molecule has 94 valence electrons. The van der Waals surface area contributed by atoms with Gasteiger partial charge < -0.3 is 15.0 Å². The molecule has 17 heavy (non-hydrogen) atoms. The number of hydrogen-bond acceptors (Lipinski definition) is 3. The molecule has 1 N–H and O–H groups in total. The number of morpholine rings is 1. The molecule has 1 aromatic carbocycles. The molecule has 3 heteroatoms. The Morgan fingerprint density at radius 2 is 2.35 bits per heavy atom. The summed E-state index contributed by atoms with van der Waals surface area (Å²) in [4.78, 5) is 2.32. The van der Waals surface area contributed by atoms with Gasteiger partial charge >= 0.3 is 0 Å². The SMILES string of the molecule is Cc1cccc(CNCC2CN(C)CCO2)c1. The van der Waals surface area contributed by atoms with E-state index in [1.807, 2.05) is 0 Å². The molecule has 0 spiro atoms. The molecule has 0 aliphatic carbocycles. The number of likely N-dealkylation sites (N-methyl/N-ethyl adjacent to an activating group) is 1. The average molecular weight is 234 g/mol. The number of benzene rings is 1. The van der Waals surface area contributed by atoms with Crippen LogP contribution in [-0.2, 0) is 11.3 Å². The largest absolute Gasteiger partial charge is 0.374 e. The van der Waals surface area contributed by atoms with E-state index in [-0.39, 0.29) is 0 Å². The van der Waals surface area contributed by atoms with Gasteiger partial charge in [-0.1, -0.05) is 29.8 Å². The van der Waals surface area contributed by atoms with Crippen molar-refractivity contribution in [2.75, 3.05) is 33.3 Å². The van der Waals surface area contributed by atoms with Crippen LogP contribution in [0.4, 0.5) is 0 Å². The summed E-state index contributed by atoms with van der Waals surface area (Å²) in [6.45, 7) is 6.91. The van der Waals surface area contributed by atoms with E-state index in [1.54, 1.807) is 0 Å². The molecule has 1 atom stereocenters. The van der Waals surface area contributed by atoms with Gasteiger partial charge in [0.25, 0.3) is 0 Å². The van der Waals surface area contributed by atoms with Gasteiger partial charge in [0.1, 0.15) is 0 Å². The minimum atomic E-state index is 0.332. The van der Waals surface area contributed by atoms with E-state index >= 15 is 0 Å². The lowest BCUT2D eigenvalue weighted by molar-refractivity contribution is -0.0182. The third kappa shape index (κ3) is 4.11. The van der Waals surface area contributed by atoms with Crippen LogP contribution in [0, 0.1) is 6.92 Å². The second-order valence-electron chi connectivity index (χ2n) is 4.87. The zero-order chi connectivity index (χ0) is 12.1. The van der Waals surface area contributed by atoms with Crippen LogP contribution in [0.2, 0.25) is 0 Å². The van der Waals surface area contributed by atoms with Crippen molar-refractivity contribution in [2.24, 2.45) is 0 Å². The maximum atomic E-state index is 5.71. The molecule has 0 saturated carbocycles. The zero-order valence-corrected chi connectivity index (χ0v) is 10.8. The van der Waals surface area contributed by atoms with Crippen LogP contribution >= 0.6 is 0 Å². The first-order valence-electron chi connectivity index (χ1n) is 6.30. The van der Waals surface area contributed by atoms with Gasteiger partial charge in [0.05, 0.1) is 12.7 Å². The molecule has 0 amide bonds. The van der Waals surface area contributed by atoms with Gasteiger partial charge in [0, 0.05) is 26.2 Å². The maximum absolute atomic E-state index is 5.71. The predicted molar refractivity (Wildman–Crippen MR) is 70.1 cm³/mol. The summed E-state index contributed by atoms with van der Waals surface area (Å²) in [7, 11) is 2.15. The summed E-state index contributed by atoms with van der Waals surface area (Å²) in [5.74, 6) is 0. The van der Waals surface area contributed by atoms with Gasteiger partial charge in [-0.05, 0) is 19.5 Å². The Morgan fingerprint density at radius 1 is 1.47 bits per heavy atom. The van der Waals surface area contributed by atoms with E-state index < -0.39 is 0 Å². The Kier molecular flexibility index (Phi) is 4.54. The zero-order valence-electron chi connectivity index (χ0n) is 10.8. The van der Waals surface area contributed by atoms with Crippen molar-refractivity contribution in [3.05, 3.63) is 35.4 Å². The lowest BCUT2D eigenvalue weighted by Crippen LogP contribution is -2.44. The molecule has 1 fully saturated rings. The maximum Gasteiger partial charge on any atom is 0.0826 e. The monoisotopic (exact) mass is 234 g/mol. The van der Waals surface area contributed by atoms with Gasteiger partial charge in [0.2, 0.25) is 0 Å². The highest BCUT2D eigenvalue weighted by molar-refractivity contribution is 5.21. The highest BCUT2D eigenvalue weighted by atomic mass is 16.5. The molecular formula is C14H22N2O. The van der Waals surface area contributed by atoms with Crippen LogP contribution in [0.25, 0.3) is 0 Å². The molecule has 1 aromatic rings. The van der Waals surface area contributed by atoms with E-state index in [9.17, 15) is 0 Å². The summed E-state index contributed by atoms with van der Waals surface area (Å²) in [6, 6.07) is 8.62. The minimum absolute atomic E-state index is 0.332. The number of aryl methyl sites for hydroxylation is 1. The van der Waals surface area contributed by atoms with E-state index in [4.69, 9.17) is 4.74 Å². The third-order valence-electron chi connectivity index (χ3n) is 3.13. The van der Waals surface area contributed by atoms with Crippen LogP contribution < -0.4 is 5.32 Å². The molecule has 1 heterocycles. The van der Waals surface area contributed by atoms with Crippen molar-refractivity contribution < 1.29 is 4.74 Å². The predicted octanol–water partition coefficient (Wildman–Crippen LogP) is 1.42. The molecule has 1 aliphatic rings. The summed E-state index contributed by atoms with van der Waals surface area (Å²) < 4.78 is 5.71. The van der Waals surface area contributed by atoms with E-state index in [2.05, 4.69) is 48.5 Å². The van der Waals surface area contributed by atoms with Gasteiger partial charge in [-0.2, -0.15) is 0 Å². The topological polar surface area (TPSA) is 24.5 Å². The Morgan fingerprint density at radius 3 is 3.12 bits per heavy atom. The molecule has 0 aromatic heterocycles. The molecule has 3 nitrogen and oxygen atoms in total. The number of hydrogen-bond donors (Lipinski definition) is 1. The number of ether oxygens (including phenoxy) is 1. The summed E-state index contributed by atoms with van der Waals surface area (Å²) in [6.07, 6.45) is 0.332. The summed E-state index contributed by atoms with van der Waals surface area (Å²) in [5, 5.41) is 3.47. The van der Waals surface area contributed by atoms with Gasteiger partial charge in [0.15, 0.2) is 0 Å². The standard InChI is InChI=1S/C14H22N2O/c1-12-4-3-5-13(8-12)9-15-10-14-11-16(2)6-7-17-14/h3-5,8,14-15H,6-7,9-11H2,1-2H3. The van der Waals surface area contributed by atoms with E-state index in [1.165, 1.54) is 11.1 Å². The molecule has 1 aliphatic heterocycles. The van der Waals surface area contributed by atoms with E-state index in [0.29, 0.717) is 6.10 Å². The van der Waals surface area contributed by atoms with Gasteiger partial charge in [-0.25, -0.2) is 0 Å². The Bertz CT molecular complexity index is 354. The van der Waals surface area contributed by atoms with Crippen LogP contribution in [0.1, 0.15) is 11.1 Å². The van der Waals surface area contributed by atoms with Crippen LogP contribution in [-0.4, -0.2) is 44.3 Å². The van der Waals surface area contributed by atoms with Crippen LogP contribution in [0.5, 0.6) is 0 Å². The second-order valence-corrected chi connectivity index (χ2v) is 4.87.